The molecule has 1 heterocycles. The van der Waals surface area contributed by atoms with E-state index in [-0.39, 0.29) is 5.92 Å². The maximum absolute atomic E-state index is 12.8. The minimum absolute atomic E-state index is 0.271. The molecule has 152 valence electrons. The minimum Gasteiger partial charge on any atom is -0.357 e. The van der Waals surface area contributed by atoms with Gasteiger partial charge in [0, 0.05) is 44.1 Å². The van der Waals surface area contributed by atoms with Crippen molar-refractivity contribution >= 4 is 11.9 Å². The van der Waals surface area contributed by atoms with Crippen LogP contribution in [0.15, 0.2) is 29.3 Å². The average molecular weight is 383 g/mol. The van der Waals surface area contributed by atoms with Crippen LogP contribution >= 0.6 is 0 Å². The van der Waals surface area contributed by atoms with Gasteiger partial charge in [-0.05, 0) is 43.7 Å². The van der Waals surface area contributed by atoms with Gasteiger partial charge >= 0.3 is 0 Å². The van der Waals surface area contributed by atoms with Crippen molar-refractivity contribution in [3.63, 3.8) is 0 Å². The third kappa shape index (κ3) is 4.34. The van der Waals surface area contributed by atoms with Gasteiger partial charge in [-0.2, -0.15) is 0 Å². The molecule has 2 atom stereocenters. The molecule has 3 aliphatic rings. The molecule has 2 unspecified atom stereocenters. The van der Waals surface area contributed by atoms with Crippen LogP contribution < -0.4 is 10.6 Å². The quantitative estimate of drug-likeness (QED) is 0.608. The summed E-state index contributed by atoms with van der Waals surface area (Å²) in [5.74, 6) is 2.09. The smallest absolute Gasteiger partial charge is 0.225 e. The predicted octanol–water partition coefficient (Wildman–Crippen LogP) is 3.06. The van der Waals surface area contributed by atoms with E-state index in [2.05, 4.69) is 46.7 Å². The third-order valence-corrected chi connectivity index (χ3v) is 6.57. The van der Waals surface area contributed by atoms with E-state index in [0.717, 1.165) is 57.8 Å². The Morgan fingerprint density at radius 2 is 2.00 bits per heavy atom. The second kappa shape index (κ2) is 8.97. The van der Waals surface area contributed by atoms with Gasteiger partial charge in [0.1, 0.15) is 0 Å². The van der Waals surface area contributed by atoms with E-state index < -0.39 is 0 Å². The first-order valence-electron chi connectivity index (χ1n) is 11.2. The molecule has 2 aliphatic carbocycles. The summed E-state index contributed by atoms with van der Waals surface area (Å²) >= 11 is 0. The van der Waals surface area contributed by atoms with E-state index in [1.165, 1.54) is 30.4 Å². The number of nitrogens with zero attached hydrogens (tertiary/aromatic N) is 2. The molecule has 5 heteroatoms. The number of likely N-dealkylation sites (tertiary alicyclic amines) is 1. The van der Waals surface area contributed by atoms with E-state index in [1.54, 1.807) is 0 Å². The Balaban J connectivity index is 1.29. The Morgan fingerprint density at radius 3 is 2.79 bits per heavy atom. The van der Waals surface area contributed by atoms with E-state index >= 15 is 0 Å². The number of hydrogen-bond acceptors (Lipinski definition) is 2. The highest BCUT2D eigenvalue weighted by Gasteiger charge is 2.32. The summed E-state index contributed by atoms with van der Waals surface area (Å²) in [6.45, 7) is 5.46. The SMILES string of the molecule is CCNC(=NCC1Cc2ccccc21)NC1CCN(C(=O)C2CCCCC2)C1. The lowest BCUT2D eigenvalue weighted by Gasteiger charge is -2.29. The maximum atomic E-state index is 12.8. The summed E-state index contributed by atoms with van der Waals surface area (Å²) in [5.41, 5.74) is 2.92. The van der Waals surface area contributed by atoms with E-state index in [1.807, 2.05) is 0 Å². The summed E-state index contributed by atoms with van der Waals surface area (Å²) in [4.78, 5) is 19.7. The fourth-order valence-corrected chi connectivity index (χ4v) is 4.93. The summed E-state index contributed by atoms with van der Waals surface area (Å²) < 4.78 is 0. The number of benzene rings is 1. The Morgan fingerprint density at radius 1 is 1.18 bits per heavy atom. The normalized spacial score (nSPS) is 25.2. The van der Waals surface area contributed by atoms with Gasteiger partial charge in [-0.1, -0.05) is 43.5 Å². The number of rotatable bonds is 5. The fourth-order valence-electron chi connectivity index (χ4n) is 4.93. The molecule has 0 spiro atoms. The van der Waals surface area contributed by atoms with Crippen LogP contribution in [0.2, 0.25) is 0 Å². The van der Waals surface area contributed by atoms with Crippen LogP contribution in [0.4, 0.5) is 0 Å². The summed E-state index contributed by atoms with van der Waals surface area (Å²) in [6, 6.07) is 8.98. The number of carbonyl (C=O) groups excluding carboxylic acids is 1. The third-order valence-electron chi connectivity index (χ3n) is 6.57. The predicted molar refractivity (Wildman–Crippen MR) is 114 cm³/mol. The highest BCUT2D eigenvalue weighted by Crippen LogP contribution is 2.34. The van der Waals surface area contributed by atoms with Gasteiger partial charge < -0.3 is 15.5 Å². The summed E-state index contributed by atoms with van der Waals surface area (Å²) in [5, 5.41) is 6.96. The van der Waals surface area contributed by atoms with Crippen LogP contribution in [0.3, 0.4) is 0 Å². The zero-order valence-corrected chi connectivity index (χ0v) is 17.1. The van der Waals surface area contributed by atoms with Gasteiger partial charge in [-0.15, -0.1) is 0 Å². The molecule has 2 fully saturated rings. The maximum Gasteiger partial charge on any atom is 0.225 e. The van der Waals surface area contributed by atoms with Crippen molar-refractivity contribution in [2.75, 3.05) is 26.2 Å². The molecule has 0 radical (unpaired) electrons. The van der Waals surface area contributed by atoms with Crippen molar-refractivity contribution in [3.8, 4) is 0 Å². The molecular formula is C23H34N4O. The van der Waals surface area contributed by atoms with Crippen LogP contribution in [-0.4, -0.2) is 49.0 Å². The van der Waals surface area contributed by atoms with Crippen molar-refractivity contribution in [2.24, 2.45) is 10.9 Å². The highest BCUT2D eigenvalue weighted by molar-refractivity contribution is 5.81. The van der Waals surface area contributed by atoms with Crippen molar-refractivity contribution in [3.05, 3.63) is 35.4 Å². The van der Waals surface area contributed by atoms with Gasteiger partial charge in [-0.25, -0.2) is 0 Å². The Labute approximate surface area is 169 Å². The molecule has 1 saturated heterocycles. The first-order valence-corrected chi connectivity index (χ1v) is 11.2. The second-order valence-electron chi connectivity index (χ2n) is 8.57. The lowest BCUT2D eigenvalue weighted by Crippen LogP contribution is -2.45. The van der Waals surface area contributed by atoms with Crippen LogP contribution in [0.5, 0.6) is 0 Å². The van der Waals surface area contributed by atoms with Crippen molar-refractivity contribution in [2.45, 2.75) is 63.8 Å². The first kappa shape index (κ1) is 19.3. The summed E-state index contributed by atoms with van der Waals surface area (Å²) in [6.07, 6.45) is 8.03. The minimum atomic E-state index is 0.271. The Hall–Kier alpha value is -2.04. The van der Waals surface area contributed by atoms with Crippen LogP contribution in [0, 0.1) is 5.92 Å². The average Bonchev–Trinajstić information content (AvgIpc) is 3.17. The van der Waals surface area contributed by atoms with Crippen molar-refractivity contribution < 1.29 is 4.79 Å². The van der Waals surface area contributed by atoms with E-state index in [4.69, 9.17) is 4.99 Å². The number of hydrogen-bond donors (Lipinski definition) is 2. The van der Waals surface area contributed by atoms with E-state index in [0.29, 0.717) is 17.9 Å². The molecule has 28 heavy (non-hydrogen) atoms. The number of carbonyl (C=O) groups is 1. The molecule has 0 bridgehead atoms. The highest BCUT2D eigenvalue weighted by atomic mass is 16.2. The van der Waals surface area contributed by atoms with Gasteiger partial charge in [-0.3, -0.25) is 9.79 Å². The van der Waals surface area contributed by atoms with Crippen LogP contribution in [-0.2, 0) is 11.2 Å². The molecular weight excluding hydrogens is 348 g/mol. The van der Waals surface area contributed by atoms with Crippen LogP contribution in [0.25, 0.3) is 0 Å². The number of aliphatic imine (C=N–C) groups is 1. The Kier molecular flexibility index (Phi) is 6.18. The van der Waals surface area contributed by atoms with Gasteiger partial charge in [0.2, 0.25) is 5.91 Å². The molecule has 1 saturated carbocycles. The lowest BCUT2D eigenvalue weighted by molar-refractivity contribution is -0.135. The Bertz CT molecular complexity index is 710. The summed E-state index contributed by atoms with van der Waals surface area (Å²) in [7, 11) is 0. The zero-order valence-electron chi connectivity index (χ0n) is 17.1. The molecule has 0 aromatic heterocycles. The number of nitrogens with one attached hydrogen (secondary N) is 2. The topological polar surface area (TPSA) is 56.7 Å². The first-order chi connectivity index (χ1) is 13.7. The number of amides is 1. The van der Waals surface area contributed by atoms with Gasteiger partial charge in [0.05, 0.1) is 0 Å². The second-order valence-corrected chi connectivity index (χ2v) is 8.57. The van der Waals surface area contributed by atoms with Crippen molar-refractivity contribution in [1.29, 1.82) is 0 Å². The largest absolute Gasteiger partial charge is 0.357 e. The molecule has 4 rings (SSSR count). The van der Waals surface area contributed by atoms with E-state index in [9.17, 15) is 4.79 Å². The standard InChI is InChI=1S/C23H34N4O/c1-2-24-23(25-15-19-14-18-10-6-7-11-21(18)19)26-20-12-13-27(16-20)22(28)17-8-4-3-5-9-17/h6-7,10-11,17,19-20H,2-5,8-9,12-16H2,1H3,(H2,24,25,26). The van der Waals surface area contributed by atoms with Gasteiger partial charge in [0.25, 0.3) is 0 Å². The molecule has 1 aromatic rings. The van der Waals surface area contributed by atoms with Crippen LogP contribution in [0.1, 0.15) is 62.5 Å². The zero-order chi connectivity index (χ0) is 19.3. The van der Waals surface area contributed by atoms with Crippen molar-refractivity contribution in [1.82, 2.24) is 15.5 Å². The number of fused-ring (bicyclic) bond motifs is 1. The fraction of sp³-hybridized carbons (Fsp3) is 0.652. The lowest BCUT2D eigenvalue weighted by atomic mass is 9.78. The molecule has 1 amide bonds. The molecule has 1 aromatic carbocycles. The number of guanidine groups is 1. The van der Waals surface area contributed by atoms with Gasteiger partial charge in [0.15, 0.2) is 5.96 Å². The monoisotopic (exact) mass is 382 g/mol. The molecule has 2 N–H and O–H groups in total. The molecule has 5 nitrogen and oxygen atoms in total. The molecule has 1 aliphatic heterocycles.